The average Bonchev–Trinajstić information content (AvgIpc) is 2.88. The maximum absolute atomic E-state index is 12.4. The second-order valence-corrected chi connectivity index (χ2v) is 5.65. The van der Waals surface area contributed by atoms with Crippen LogP contribution in [0.25, 0.3) is 11.0 Å². The van der Waals surface area contributed by atoms with Gasteiger partial charge in [-0.25, -0.2) is 0 Å². The molecule has 3 rings (SSSR count). The fraction of sp³-hybridized carbons (Fsp3) is 0.533. The number of amides is 1. The van der Waals surface area contributed by atoms with Gasteiger partial charge in [-0.3, -0.25) is 4.79 Å². The molecule has 1 aromatic carbocycles. The summed E-state index contributed by atoms with van der Waals surface area (Å²) in [6.45, 7) is 4.18. The maximum atomic E-state index is 12.4. The van der Waals surface area contributed by atoms with Crippen molar-refractivity contribution in [1.82, 2.24) is 20.1 Å². The molecule has 6 nitrogen and oxygen atoms in total. The minimum atomic E-state index is -0.0119. The molecule has 1 aromatic heterocycles. The minimum Gasteiger partial charge on any atom is -0.385 e. The normalized spacial score (nSPS) is 22.5. The lowest BCUT2D eigenvalue weighted by Crippen LogP contribution is -2.49. The minimum absolute atomic E-state index is 0.00859. The Morgan fingerprint density at radius 1 is 1.29 bits per heavy atom. The summed E-state index contributed by atoms with van der Waals surface area (Å²) in [5.41, 5.74) is 1.52. The van der Waals surface area contributed by atoms with Crippen LogP contribution < -0.4 is 4.84 Å². The van der Waals surface area contributed by atoms with E-state index in [0.717, 1.165) is 23.9 Å². The van der Waals surface area contributed by atoms with Gasteiger partial charge in [-0.05, 0) is 50.5 Å². The van der Waals surface area contributed by atoms with Gasteiger partial charge in [-0.2, -0.15) is 0 Å². The average molecular weight is 288 g/mol. The van der Waals surface area contributed by atoms with Crippen LogP contribution in [-0.2, 0) is 4.79 Å². The zero-order valence-electron chi connectivity index (χ0n) is 12.4. The van der Waals surface area contributed by atoms with E-state index in [1.165, 1.54) is 11.3 Å². The topological polar surface area (TPSA) is 60.2 Å². The monoisotopic (exact) mass is 288 g/mol. The molecule has 112 valence electrons. The standard InChI is InChI=1S/C15H20N4O2/c1-11-6-5-7-12(2)18(11)15(20)10-21-19-14-9-4-3-8-13(14)16-17-19/h3-4,8-9,11-12H,5-7,10H2,1-2H3. The Morgan fingerprint density at radius 2 is 2.00 bits per heavy atom. The van der Waals surface area contributed by atoms with E-state index in [-0.39, 0.29) is 24.6 Å². The van der Waals surface area contributed by atoms with Crippen molar-refractivity contribution in [2.24, 2.45) is 0 Å². The van der Waals surface area contributed by atoms with E-state index in [0.29, 0.717) is 0 Å². The fourth-order valence-electron chi connectivity index (χ4n) is 3.05. The Kier molecular flexibility index (Phi) is 3.77. The predicted octanol–water partition coefficient (Wildman–Crippen LogP) is 1.65. The first-order valence-corrected chi connectivity index (χ1v) is 7.41. The van der Waals surface area contributed by atoms with Gasteiger partial charge in [0.1, 0.15) is 11.0 Å². The summed E-state index contributed by atoms with van der Waals surface area (Å²) >= 11 is 0. The Balaban J connectivity index is 1.68. The van der Waals surface area contributed by atoms with Crippen molar-refractivity contribution in [1.29, 1.82) is 0 Å². The fourth-order valence-corrected chi connectivity index (χ4v) is 3.05. The molecule has 1 saturated heterocycles. The summed E-state index contributed by atoms with van der Waals surface area (Å²) in [5, 5.41) is 7.93. The van der Waals surface area contributed by atoms with Gasteiger partial charge in [-0.1, -0.05) is 17.0 Å². The van der Waals surface area contributed by atoms with E-state index >= 15 is 0 Å². The van der Waals surface area contributed by atoms with E-state index in [2.05, 4.69) is 24.2 Å². The van der Waals surface area contributed by atoms with Crippen LogP contribution in [-0.4, -0.2) is 44.7 Å². The first-order chi connectivity index (χ1) is 10.2. The first-order valence-electron chi connectivity index (χ1n) is 7.41. The molecule has 0 saturated carbocycles. The van der Waals surface area contributed by atoms with Gasteiger partial charge in [0.25, 0.3) is 5.91 Å². The lowest BCUT2D eigenvalue weighted by molar-refractivity contribution is -0.142. The van der Waals surface area contributed by atoms with E-state index < -0.39 is 0 Å². The molecule has 2 atom stereocenters. The van der Waals surface area contributed by atoms with E-state index in [1.54, 1.807) is 0 Å². The van der Waals surface area contributed by atoms with Gasteiger partial charge in [0.15, 0.2) is 6.61 Å². The smallest absolute Gasteiger partial charge is 0.263 e. The quantitative estimate of drug-likeness (QED) is 0.861. The summed E-state index contributed by atoms with van der Waals surface area (Å²) in [7, 11) is 0. The third-order valence-corrected chi connectivity index (χ3v) is 4.11. The number of hydrogen-bond donors (Lipinski definition) is 0. The molecule has 0 aliphatic carbocycles. The van der Waals surface area contributed by atoms with Crippen molar-refractivity contribution in [3.05, 3.63) is 24.3 Å². The van der Waals surface area contributed by atoms with Crippen LogP contribution in [0.4, 0.5) is 0 Å². The number of rotatable bonds is 3. The Morgan fingerprint density at radius 3 is 2.76 bits per heavy atom. The number of hydrogen-bond acceptors (Lipinski definition) is 4. The van der Waals surface area contributed by atoms with Gasteiger partial charge in [0, 0.05) is 12.1 Å². The molecule has 21 heavy (non-hydrogen) atoms. The molecular formula is C15H20N4O2. The van der Waals surface area contributed by atoms with Crippen LogP contribution in [0.2, 0.25) is 0 Å². The molecule has 0 bridgehead atoms. The van der Waals surface area contributed by atoms with E-state index in [1.807, 2.05) is 29.2 Å². The highest BCUT2D eigenvalue weighted by Crippen LogP contribution is 2.22. The summed E-state index contributed by atoms with van der Waals surface area (Å²) < 4.78 is 0. The highest BCUT2D eigenvalue weighted by molar-refractivity contribution is 5.78. The summed E-state index contributed by atoms with van der Waals surface area (Å²) in [6.07, 6.45) is 3.30. The molecule has 0 radical (unpaired) electrons. The SMILES string of the molecule is CC1CCCC(C)N1C(=O)COn1nnc2ccccc21. The lowest BCUT2D eigenvalue weighted by atomic mass is 9.97. The van der Waals surface area contributed by atoms with Crippen LogP contribution in [0, 0.1) is 0 Å². The predicted molar refractivity (Wildman–Crippen MR) is 78.6 cm³/mol. The second kappa shape index (κ2) is 5.71. The molecule has 1 fully saturated rings. The highest BCUT2D eigenvalue weighted by Gasteiger charge is 2.29. The Labute approximate surface area is 123 Å². The van der Waals surface area contributed by atoms with Crippen molar-refractivity contribution < 1.29 is 9.63 Å². The second-order valence-electron chi connectivity index (χ2n) is 5.65. The van der Waals surface area contributed by atoms with Gasteiger partial charge >= 0.3 is 0 Å². The summed E-state index contributed by atoms with van der Waals surface area (Å²) in [5.74, 6) is 0.00859. The molecule has 1 aliphatic heterocycles. The first kappa shape index (κ1) is 13.9. The highest BCUT2D eigenvalue weighted by atomic mass is 16.7. The number of carbonyl (C=O) groups excluding carboxylic acids is 1. The van der Waals surface area contributed by atoms with Crippen molar-refractivity contribution in [3.63, 3.8) is 0 Å². The number of aromatic nitrogens is 3. The zero-order valence-corrected chi connectivity index (χ0v) is 12.4. The van der Waals surface area contributed by atoms with Gasteiger partial charge in [0.05, 0.1) is 0 Å². The van der Waals surface area contributed by atoms with Crippen molar-refractivity contribution in [3.8, 4) is 0 Å². The molecule has 1 amide bonds. The van der Waals surface area contributed by atoms with Crippen LogP contribution in [0.15, 0.2) is 24.3 Å². The molecule has 2 heterocycles. The molecular weight excluding hydrogens is 268 g/mol. The van der Waals surface area contributed by atoms with Crippen LogP contribution in [0.1, 0.15) is 33.1 Å². The number of piperidine rings is 1. The number of fused-ring (bicyclic) bond motifs is 1. The number of carbonyl (C=O) groups is 1. The summed E-state index contributed by atoms with van der Waals surface area (Å²) in [6, 6.07) is 8.06. The molecule has 0 spiro atoms. The molecule has 2 aromatic rings. The van der Waals surface area contributed by atoms with Crippen molar-refractivity contribution in [2.45, 2.75) is 45.2 Å². The Hall–Kier alpha value is -2.11. The molecule has 2 unspecified atom stereocenters. The lowest BCUT2D eigenvalue weighted by Gasteiger charge is -2.38. The maximum Gasteiger partial charge on any atom is 0.263 e. The van der Waals surface area contributed by atoms with Gasteiger partial charge < -0.3 is 9.74 Å². The molecule has 0 N–H and O–H groups in total. The Bertz CT molecular complexity index is 629. The van der Waals surface area contributed by atoms with Crippen LogP contribution in [0.5, 0.6) is 0 Å². The van der Waals surface area contributed by atoms with Crippen LogP contribution in [0.3, 0.4) is 0 Å². The number of nitrogens with zero attached hydrogens (tertiary/aromatic N) is 4. The van der Waals surface area contributed by atoms with E-state index in [4.69, 9.17) is 4.84 Å². The molecule has 1 aliphatic rings. The van der Waals surface area contributed by atoms with Crippen molar-refractivity contribution >= 4 is 16.9 Å². The number of likely N-dealkylation sites (tertiary alicyclic amines) is 1. The summed E-state index contributed by atoms with van der Waals surface area (Å²) in [4.78, 5) is 21.2. The van der Waals surface area contributed by atoms with Crippen LogP contribution >= 0.6 is 0 Å². The van der Waals surface area contributed by atoms with Gasteiger partial charge in [-0.15, -0.1) is 5.10 Å². The largest absolute Gasteiger partial charge is 0.385 e. The van der Waals surface area contributed by atoms with E-state index in [9.17, 15) is 4.79 Å². The zero-order chi connectivity index (χ0) is 14.8. The number of benzene rings is 1. The third-order valence-electron chi connectivity index (χ3n) is 4.11. The number of para-hydroxylation sites is 1. The van der Waals surface area contributed by atoms with Gasteiger partial charge in [0.2, 0.25) is 0 Å². The third kappa shape index (κ3) is 2.70. The molecule has 6 heteroatoms. The van der Waals surface area contributed by atoms with Crippen molar-refractivity contribution in [2.75, 3.05) is 6.61 Å².